The molecule has 0 atom stereocenters. The second kappa shape index (κ2) is 11.5. The van der Waals surface area contributed by atoms with E-state index in [0.717, 1.165) is 18.9 Å². The Bertz CT molecular complexity index is 686. The van der Waals surface area contributed by atoms with E-state index in [1.807, 2.05) is 13.0 Å². The van der Waals surface area contributed by atoms with Crippen LogP contribution in [0.1, 0.15) is 25.3 Å². The van der Waals surface area contributed by atoms with Gasteiger partial charge >= 0.3 is 0 Å². The molecule has 0 heterocycles. The maximum absolute atomic E-state index is 13.4. The fourth-order valence-electron chi connectivity index (χ4n) is 2.24. The van der Waals surface area contributed by atoms with Crippen LogP contribution in [0, 0.1) is 11.6 Å². The van der Waals surface area contributed by atoms with E-state index in [4.69, 9.17) is 19.9 Å². The lowest BCUT2D eigenvalue weighted by molar-refractivity contribution is 0.111. The zero-order chi connectivity index (χ0) is 18.1. The number of benzene rings is 2. The molecule has 4 nitrogen and oxygen atoms in total. The minimum Gasteiger partial charge on any atom is -0.494 e. The molecule has 0 saturated heterocycles. The SMILES string of the molecule is CCOc1ccc(OCCCCOCc2cccc(F)c2F)c(N)c1.Cl. The van der Waals surface area contributed by atoms with Gasteiger partial charge in [-0.2, -0.15) is 0 Å². The highest BCUT2D eigenvalue weighted by molar-refractivity contribution is 5.85. The summed E-state index contributed by atoms with van der Waals surface area (Å²) < 4.78 is 42.8. The van der Waals surface area contributed by atoms with E-state index in [1.165, 1.54) is 12.1 Å². The average Bonchev–Trinajstić information content (AvgIpc) is 2.59. The molecular formula is C19H24ClF2NO3. The molecule has 0 amide bonds. The third kappa shape index (κ3) is 6.69. The van der Waals surface area contributed by atoms with Crippen LogP contribution >= 0.6 is 12.4 Å². The first kappa shape index (κ1) is 22.0. The van der Waals surface area contributed by atoms with Crippen LogP contribution in [0.2, 0.25) is 0 Å². The molecule has 0 bridgehead atoms. The predicted octanol–water partition coefficient (Wildman–Crippen LogP) is 4.74. The summed E-state index contributed by atoms with van der Waals surface area (Å²) in [6.45, 7) is 3.48. The molecule has 0 aliphatic carbocycles. The normalized spacial score (nSPS) is 10.3. The van der Waals surface area contributed by atoms with Gasteiger partial charge in [-0.1, -0.05) is 12.1 Å². The molecule has 0 spiro atoms. The standard InChI is InChI=1S/C19H23F2NO3.ClH/c1-2-24-15-8-9-18(17(22)12-15)25-11-4-3-10-23-13-14-6-5-7-16(20)19(14)21;/h5-9,12H,2-4,10-11,13,22H2,1H3;1H. The summed E-state index contributed by atoms with van der Waals surface area (Å²) in [5, 5.41) is 0. The van der Waals surface area contributed by atoms with Gasteiger partial charge in [-0.25, -0.2) is 8.78 Å². The Kier molecular flexibility index (Phi) is 9.76. The zero-order valence-corrected chi connectivity index (χ0v) is 15.5. The summed E-state index contributed by atoms with van der Waals surface area (Å²) in [6.07, 6.45) is 1.51. The number of unbranched alkanes of at least 4 members (excludes halogenated alkanes) is 1. The number of anilines is 1. The Hall–Kier alpha value is -2.05. The second-order valence-electron chi connectivity index (χ2n) is 5.45. The van der Waals surface area contributed by atoms with Gasteiger partial charge in [-0.15, -0.1) is 12.4 Å². The Morgan fingerprint density at radius 3 is 2.50 bits per heavy atom. The number of rotatable bonds is 10. The van der Waals surface area contributed by atoms with E-state index in [-0.39, 0.29) is 24.6 Å². The van der Waals surface area contributed by atoms with E-state index in [0.29, 0.717) is 37.0 Å². The summed E-state index contributed by atoms with van der Waals surface area (Å²) in [4.78, 5) is 0. The van der Waals surface area contributed by atoms with Gasteiger partial charge in [0.05, 0.1) is 25.5 Å². The van der Waals surface area contributed by atoms with Crippen molar-refractivity contribution in [1.82, 2.24) is 0 Å². The third-order valence-electron chi connectivity index (χ3n) is 3.52. The Morgan fingerprint density at radius 2 is 1.77 bits per heavy atom. The molecule has 2 rings (SSSR count). The van der Waals surface area contributed by atoms with Gasteiger partial charge in [0.1, 0.15) is 11.5 Å². The number of nitrogen functional groups attached to an aromatic ring is 1. The summed E-state index contributed by atoms with van der Waals surface area (Å²) >= 11 is 0. The van der Waals surface area contributed by atoms with Crippen LogP contribution in [-0.2, 0) is 11.3 Å². The summed E-state index contributed by atoms with van der Waals surface area (Å²) in [5.74, 6) is -0.379. The number of halogens is 3. The first-order valence-electron chi connectivity index (χ1n) is 8.27. The van der Waals surface area contributed by atoms with Gasteiger partial charge < -0.3 is 19.9 Å². The minimum atomic E-state index is -0.859. The Balaban J connectivity index is 0.00000338. The number of hydrogen-bond donors (Lipinski definition) is 1. The predicted molar refractivity (Wildman–Crippen MR) is 100 cm³/mol. The van der Waals surface area contributed by atoms with Crippen LogP contribution < -0.4 is 15.2 Å². The maximum Gasteiger partial charge on any atom is 0.164 e. The molecule has 0 fully saturated rings. The smallest absolute Gasteiger partial charge is 0.164 e. The van der Waals surface area contributed by atoms with Crippen molar-refractivity contribution in [2.45, 2.75) is 26.4 Å². The fraction of sp³-hybridized carbons (Fsp3) is 0.368. The van der Waals surface area contributed by atoms with Crippen LogP contribution in [0.4, 0.5) is 14.5 Å². The summed E-state index contributed by atoms with van der Waals surface area (Å²) in [6, 6.07) is 9.38. The van der Waals surface area contributed by atoms with Gasteiger partial charge in [-0.3, -0.25) is 0 Å². The third-order valence-corrected chi connectivity index (χ3v) is 3.52. The maximum atomic E-state index is 13.4. The molecule has 0 unspecified atom stereocenters. The molecule has 26 heavy (non-hydrogen) atoms. The Labute approximate surface area is 158 Å². The van der Waals surface area contributed by atoms with E-state index < -0.39 is 11.6 Å². The molecule has 2 aromatic carbocycles. The number of hydrogen-bond acceptors (Lipinski definition) is 4. The molecule has 144 valence electrons. The lowest BCUT2D eigenvalue weighted by Gasteiger charge is -2.11. The monoisotopic (exact) mass is 387 g/mol. The van der Waals surface area contributed by atoms with Crippen molar-refractivity contribution in [2.75, 3.05) is 25.6 Å². The molecule has 2 N–H and O–H groups in total. The lowest BCUT2D eigenvalue weighted by atomic mass is 10.2. The van der Waals surface area contributed by atoms with Crippen LogP contribution in [-0.4, -0.2) is 19.8 Å². The zero-order valence-electron chi connectivity index (χ0n) is 14.7. The van der Waals surface area contributed by atoms with Gasteiger partial charge in [0.2, 0.25) is 0 Å². The highest BCUT2D eigenvalue weighted by atomic mass is 35.5. The van der Waals surface area contributed by atoms with E-state index in [9.17, 15) is 8.78 Å². The minimum absolute atomic E-state index is 0. The molecule has 0 aromatic heterocycles. The highest BCUT2D eigenvalue weighted by Crippen LogP contribution is 2.26. The van der Waals surface area contributed by atoms with Crippen molar-refractivity contribution < 1.29 is 23.0 Å². The molecular weight excluding hydrogens is 364 g/mol. The van der Waals surface area contributed by atoms with Crippen LogP contribution in [0.3, 0.4) is 0 Å². The van der Waals surface area contributed by atoms with E-state index in [1.54, 1.807) is 12.1 Å². The Morgan fingerprint density at radius 1 is 1.00 bits per heavy atom. The average molecular weight is 388 g/mol. The summed E-state index contributed by atoms with van der Waals surface area (Å²) in [7, 11) is 0. The van der Waals surface area contributed by atoms with Crippen LogP contribution in [0.5, 0.6) is 11.5 Å². The first-order chi connectivity index (χ1) is 12.1. The lowest BCUT2D eigenvalue weighted by Crippen LogP contribution is -2.04. The van der Waals surface area contributed by atoms with Crippen molar-refractivity contribution in [3.05, 3.63) is 53.6 Å². The molecule has 0 radical (unpaired) electrons. The van der Waals surface area contributed by atoms with Gasteiger partial charge in [0.25, 0.3) is 0 Å². The van der Waals surface area contributed by atoms with Crippen LogP contribution in [0.15, 0.2) is 36.4 Å². The van der Waals surface area contributed by atoms with Gasteiger partial charge in [0, 0.05) is 18.2 Å². The van der Waals surface area contributed by atoms with Crippen molar-refractivity contribution in [2.24, 2.45) is 0 Å². The quantitative estimate of drug-likeness (QED) is 0.472. The van der Waals surface area contributed by atoms with Crippen molar-refractivity contribution in [1.29, 1.82) is 0 Å². The van der Waals surface area contributed by atoms with Crippen molar-refractivity contribution in [3.8, 4) is 11.5 Å². The number of nitrogens with two attached hydrogens (primary N) is 1. The topological polar surface area (TPSA) is 53.7 Å². The molecule has 0 saturated carbocycles. The van der Waals surface area contributed by atoms with E-state index >= 15 is 0 Å². The first-order valence-corrected chi connectivity index (χ1v) is 8.27. The van der Waals surface area contributed by atoms with Crippen LogP contribution in [0.25, 0.3) is 0 Å². The van der Waals surface area contributed by atoms with E-state index in [2.05, 4.69) is 0 Å². The van der Waals surface area contributed by atoms with Crippen molar-refractivity contribution >= 4 is 18.1 Å². The molecule has 7 heteroatoms. The molecule has 2 aromatic rings. The molecule has 0 aliphatic heterocycles. The molecule has 0 aliphatic rings. The second-order valence-corrected chi connectivity index (χ2v) is 5.45. The highest BCUT2D eigenvalue weighted by Gasteiger charge is 2.07. The van der Waals surface area contributed by atoms with Gasteiger partial charge in [0.15, 0.2) is 11.6 Å². The largest absolute Gasteiger partial charge is 0.494 e. The fourth-order valence-corrected chi connectivity index (χ4v) is 2.24. The van der Waals surface area contributed by atoms with Crippen molar-refractivity contribution in [3.63, 3.8) is 0 Å². The summed E-state index contributed by atoms with van der Waals surface area (Å²) in [5.41, 5.74) is 6.66. The van der Waals surface area contributed by atoms with Gasteiger partial charge in [-0.05, 0) is 38.0 Å². The number of ether oxygens (including phenoxy) is 3.